The number of unbranched alkanes of at least 4 members (excludes halogenated alkanes) is 1. The number of rotatable bonds is 5. The van der Waals surface area contributed by atoms with Crippen molar-refractivity contribution in [3.8, 4) is 0 Å². The second kappa shape index (κ2) is 6.12. The van der Waals surface area contributed by atoms with Crippen LogP contribution in [0.4, 0.5) is 5.69 Å². The lowest BCUT2D eigenvalue weighted by molar-refractivity contribution is 0.0954. The van der Waals surface area contributed by atoms with E-state index in [0.717, 1.165) is 18.4 Å². The first kappa shape index (κ1) is 12.5. The summed E-state index contributed by atoms with van der Waals surface area (Å²) in [5, 5.41) is 2.83. The zero-order valence-corrected chi connectivity index (χ0v) is 9.62. The van der Waals surface area contributed by atoms with Gasteiger partial charge in [-0.3, -0.25) is 4.79 Å². The molecule has 0 aliphatic carbocycles. The van der Waals surface area contributed by atoms with Gasteiger partial charge in [-0.1, -0.05) is 11.6 Å². The molecule has 0 heterocycles. The molecule has 0 saturated carbocycles. The average molecular weight is 221 g/mol. The topological polar surface area (TPSA) is 81.1 Å². The Hall–Kier alpha value is -1.55. The number of nitrogens with two attached hydrogens (primary N) is 2. The molecule has 5 N–H and O–H groups in total. The zero-order valence-electron chi connectivity index (χ0n) is 9.62. The molecule has 0 bridgehead atoms. The molecule has 1 amide bonds. The molecule has 1 rings (SSSR count). The van der Waals surface area contributed by atoms with E-state index >= 15 is 0 Å². The molecule has 4 heteroatoms. The van der Waals surface area contributed by atoms with E-state index in [0.29, 0.717) is 24.3 Å². The largest absolute Gasteiger partial charge is 0.398 e. The molecule has 0 aliphatic heterocycles. The van der Waals surface area contributed by atoms with E-state index in [9.17, 15) is 4.79 Å². The maximum Gasteiger partial charge on any atom is 0.253 e. The maximum atomic E-state index is 11.8. The molecule has 0 spiro atoms. The second-order valence-electron chi connectivity index (χ2n) is 3.84. The number of hydrogen-bond donors (Lipinski definition) is 3. The number of aryl methyl sites for hydroxylation is 1. The van der Waals surface area contributed by atoms with Crippen LogP contribution in [0.25, 0.3) is 0 Å². The smallest absolute Gasteiger partial charge is 0.253 e. The molecule has 0 unspecified atom stereocenters. The molecular weight excluding hydrogens is 202 g/mol. The van der Waals surface area contributed by atoms with Crippen molar-refractivity contribution < 1.29 is 4.79 Å². The number of benzene rings is 1. The Morgan fingerprint density at radius 3 is 2.81 bits per heavy atom. The number of nitrogen functional groups attached to an aromatic ring is 1. The highest BCUT2D eigenvalue weighted by molar-refractivity contribution is 5.99. The fourth-order valence-corrected chi connectivity index (χ4v) is 1.43. The summed E-state index contributed by atoms with van der Waals surface area (Å²) in [6.45, 7) is 3.23. The monoisotopic (exact) mass is 221 g/mol. The van der Waals surface area contributed by atoms with Crippen LogP contribution in [0.5, 0.6) is 0 Å². The highest BCUT2D eigenvalue weighted by Crippen LogP contribution is 2.13. The standard InChI is InChI=1S/C12H19N3O/c1-9-4-5-11(14)10(8-9)12(16)15-7-3-2-6-13/h4-5,8H,2-3,6-7,13-14H2,1H3,(H,15,16). The summed E-state index contributed by atoms with van der Waals surface area (Å²) in [5.41, 5.74) is 13.2. The van der Waals surface area contributed by atoms with Gasteiger partial charge in [0.15, 0.2) is 0 Å². The molecule has 0 aromatic heterocycles. The lowest BCUT2D eigenvalue weighted by Gasteiger charge is -2.07. The summed E-state index contributed by atoms with van der Waals surface area (Å²) >= 11 is 0. The normalized spacial score (nSPS) is 10.1. The van der Waals surface area contributed by atoms with E-state index in [2.05, 4.69) is 5.32 Å². The summed E-state index contributed by atoms with van der Waals surface area (Å²) in [6.07, 6.45) is 1.82. The van der Waals surface area contributed by atoms with Crippen molar-refractivity contribution in [2.45, 2.75) is 19.8 Å². The maximum absolute atomic E-state index is 11.8. The van der Waals surface area contributed by atoms with Crippen LogP contribution in [0.3, 0.4) is 0 Å². The first-order valence-electron chi connectivity index (χ1n) is 5.49. The Morgan fingerprint density at radius 2 is 2.12 bits per heavy atom. The number of carbonyl (C=O) groups is 1. The molecule has 0 atom stereocenters. The van der Waals surface area contributed by atoms with Gasteiger partial charge in [-0.2, -0.15) is 0 Å². The van der Waals surface area contributed by atoms with Gasteiger partial charge in [-0.15, -0.1) is 0 Å². The van der Waals surface area contributed by atoms with Crippen LogP contribution in [0.15, 0.2) is 18.2 Å². The summed E-state index contributed by atoms with van der Waals surface area (Å²) in [5.74, 6) is -0.113. The van der Waals surface area contributed by atoms with Gasteiger partial charge in [0.1, 0.15) is 0 Å². The number of hydrogen-bond acceptors (Lipinski definition) is 3. The molecule has 0 aliphatic rings. The van der Waals surface area contributed by atoms with Gasteiger partial charge in [-0.05, 0) is 38.4 Å². The Labute approximate surface area is 96.0 Å². The van der Waals surface area contributed by atoms with Gasteiger partial charge in [0.25, 0.3) is 5.91 Å². The third-order valence-electron chi connectivity index (χ3n) is 2.37. The summed E-state index contributed by atoms with van der Waals surface area (Å²) in [4.78, 5) is 11.8. The van der Waals surface area contributed by atoms with Crippen molar-refractivity contribution in [2.24, 2.45) is 5.73 Å². The number of carbonyl (C=O) groups excluding carboxylic acids is 1. The van der Waals surface area contributed by atoms with Gasteiger partial charge >= 0.3 is 0 Å². The van der Waals surface area contributed by atoms with E-state index in [1.165, 1.54) is 0 Å². The molecule has 0 fully saturated rings. The molecule has 1 aromatic carbocycles. The van der Waals surface area contributed by atoms with Gasteiger partial charge in [0, 0.05) is 12.2 Å². The molecule has 88 valence electrons. The number of amides is 1. The van der Waals surface area contributed by atoms with E-state index in [4.69, 9.17) is 11.5 Å². The minimum Gasteiger partial charge on any atom is -0.398 e. The van der Waals surface area contributed by atoms with Gasteiger partial charge in [0.05, 0.1) is 5.56 Å². The Morgan fingerprint density at radius 1 is 1.38 bits per heavy atom. The zero-order chi connectivity index (χ0) is 12.0. The van der Waals surface area contributed by atoms with Crippen LogP contribution in [0.1, 0.15) is 28.8 Å². The van der Waals surface area contributed by atoms with Crippen molar-refractivity contribution in [1.82, 2.24) is 5.32 Å². The summed E-state index contributed by atoms with van der Waals surface area (Å²) in [6, 6.07) is 5.44. The van der Waals surface area contributed by atoms with E-state index in [1.807, 2.05) is 13.0 Å². The second-order valence-corrected chi connectivity index (χ2v) is 3.84. The summed E-state index contributed by atoms with van der Waals surface area (Å²) < 4.78 is 0. The van der Waals surface area contributed by atoms with Crippen molar-refractivity contribution in [2.75, 3.05) is 18.8 Å². The van der Waals surface area contributed by atoms with Crippen molar-refractivity contribution in [3.05, 3.63) is 29.3 Å². The minimum atomic E-state index is -0.113. The quantitative estimate of drug-likeness (QED) is 0.513. The van der Waals surface area contributed by atoms with Crippen LogP contribution in [0, 0.1) is 6.92 Å². The third kappa shape index (κ3) is 3.55. The highest BCUT2D eigenvalue weighted by atomic mass is 16.1. The van der Waals surface area contributed by atoms with E-state index < -0.39 is 0 Å². The lowest BCUT2D eigenvalue weighted by atomic mass is 10.1. The average Bonchev–Trinajstić information content (AvgIpc) is 2.27. The van der Waals surface area contributed by atoms with Crippen LogP contribution >= 0.6 is 0 Å². The van der Waals surface area contributed by atoms with E-state index in [-0.39, 0.29) is 5.91 Å². The molecule has 16 heavy (non-hydrogen) atoms. The lowest BCUT2D eigenvalue weighted by Crippen LogP contribution is -2.25. The van der Waals surface area contributed by atoms with Crippen LogP contribution in [0.2, 0.25) is 0 Å². The Bertz CT molecular complexity index is 363. The Kier molecular flexibility index (Phi) is 4.79. The summed E-state index contributed by atoms with van der Waals surface area (Å²) in [7, 11) is 0. The van der Waals surface area contributed by atoms with Crippen molar-refractivity contribution in [1.29, 1.82) is 0 Å². The fraction of sp³-hybridized carbons (Fsp3) is 0.417. The van der Waals surface area contributed by atoms with E-state index in [1.54, 1.807) is 12.1 Å². The minimum absolute atomic E-state index is 0.113. The van der Waals surface area contributed by atoms with Crippen LogP contribution in [-0.4, -0.2) is 19.0 Å². The van der Waals surface area contributed by atoms with Crippen molar-refractivity contribution >= 4 is 11.6 Å². The SMILES string of the molecule is Cc1ccc(N)c(C(=O)NCCCCN)c1. The van der Waals surface area contributed by atoms with Gasteiger partial charge < -0.3 is 16.8 Å². The van der Waals surface area contributed by atoms with Gasteiger partial charge in [0.2, 0.25) is 0 Å². The Balaban J connectivity index is 2.55. The third-order valence-corrected chi connectivity index (χ3v) is 2.37. The first-order valence-corrected chi connectivity index (χ1v) is 5.49. The molecule has 0 radical (unpaired) electrons. The number of nitrogens with one attached hydrogen (secondary N) is 1. The predicted molar refractivity (Wildman–Crippen MR) is 66.2 cm³/mol. The highest BCUT2D eigenvalue weighted by Gasteiger charge is 2.08. The number of anilines is 1. The van der Waals surface area contributed by atoms with Gasteiger partial charge in [-0.25, -0.2) is 0 Å². The molecule has 1 aromatic rings. The fourth-order valence-electron chi connectivity index (χ4n) is 1.43. The molecule has 4 nitrogen and oxygen atoms in total. The first-order chi connectivity index (χ1) is 7.65. The predicted octanol–water partition coefficient (Wildman–Crippen LogP) is 1.05. The molecular formula is C12H19N3O. The van der Waals surface area contributed by atoms with Crippen molar-refractivity contribution in [3.63, 3.8) is 0 Å². The molecule has 0 saturated heterocycles. The van der Waals surface area contributed by atoms with Crippen LogP contribution < -0.4 is 16.8 Å². The van der Waals surface area contributed by atoms with Crippen LogP contribution in [-0.2, 0) is 0 Å².